The summed E-state index contributed by atoms with van der Waals surface area (Å²) < 4.78 is 1.92. The topological polar surface area (TPSA) is 54.3 Å². The Morgan fingerprint density at radius 2 is 1.85 bits per heavy atom. The molecular formula is C21H24ClN3O2. The highest BCUT2D eigenvalue weighted by atomic mass is 35.5. The number of likely N-dealkylation sites (tertiary alicyclic amines) is 1. The van der Waals surface area contributed by atoms with E-state index in [9.17, 15) is 9.59 Å². The number of piperidine rings is 1. The van der Waals surface area contributed by atoms with E-state index in [2.05, 4.69) is 11.4 Å². The van der Waals surface area contributed by atoms with Crippen LogP contribution < -0.4 is 10.9 Å². The smallest absolute Gasteiger partial charge is 0.317 e. The summed E-state index contributed by atoms with van der Waals surface area (Å²) in [5.41, 5.74) is 2.67. The summed E-state index contributed by atoms with van der Waals surface area (Å²) >= 11 is 5.97. The van der Waals surface area contributed by atoms with Crippen LogP contribution in [0, 0.1) is 5.92 Å². The molecule has 142 valence electrons. The molecule has 2 aliphatic rings. The second-order valence-electron chi connectivity index (χ2n) is 7.90. The lowest BCUT2D eigenvalue weighted by Gasteiger charge is -2.43. The average molecular weight is 386 g/mol. The van der Waals surface area contributed by atoms with E-state index < -0.39 is 0 Å². The fourth-order valence-electron chi connectivity index (χ4n) is 4.30. The number of amides is 2. The van der Waals surface area contributed by atoms with Crippen molar-refractivity contribution in [3.05, 3.63) is 57.5 Å². The van der Waals surface area contributed by atoms with Crippen molar-refractivity contribution in [3.8, 4) is 11.1 Å². The minimum atomic E-state index is -0.00622. The molecule has 5 nitrogen and oxygen atoms in total. The van der Waals surface area contributed by atoms with Gasteiger partial charge in [0.05, 0.1) is 0 Å². The number of hydrogen-bond donors (Lipinski definition) is 1. The normalized spacial score (nSPS) is 21.1. The van der Waals surface area contributed by atoms with Crippen LogP contribution in [0.1, 0.15) is 31.9 Å². The molecule has 0 radical (unpaired) electrons. The van der Waals surface area contributed by atoms with Gasteiger partial charge in [0, 0.05) is 47.9 Å². The zero-order chi connectivity index (χ0) is 19.1. The summed E-state index contributed by atoms with van der Waals surface area (Å²) in [6.07, 6.45) is 1.03. The molecule has 1 aromatic heterocycles. The van der Waals surface area contributed by atoms with Crippen LogP contribution in [0.25, 0.3) is 11.1 Å². The molecule has 27 heavy (non-hydrogen) atoms. The monoisotopic (exact) mass is 385 g/mol. The Labute approximate surface area is 163 Å². The van der Waals surface area contributed by atoms with Gasteiger partial charge in [0.15, 0.2) is 0 Å². The van der Waals surface area contributed by atoms with Gasteiger partial charge in [-0.3, -0.25) is 4.79 Å². The first-order valence-corrected chi connectivity index (χ1v) is 9.85. The van der Waals surface area contributed by atoms with Gasteiger partial charge in [0.2, 0.25) is 0 Å². The summed E-state index contributed by atoms with van der Waals surface area (Å²) in [6, 6.07) is 11.5. The lowest BCUT2D eigenvalue weighted by molar-refractivity contribution is 0.130. The maximum Gasteiger partial charge on any atom is 0.317 e. The molecule has 2 bridgehead atoms. The van der Waals surface area contributed by atoms with Crippen LogP contribution in [0.15, 0.2) is 41.2 Å². The zero-order valence-corrected chi connectivity index (χ0v) is 16.4. The van der Waals surface area contributed by atoms with E-state index in [4.69, 9.17) is 11.6 Å². The van der Waals surface area contributed by atoms with E-state index in [1.165, 1.54) is 0 Å². The molecule has 1 N–H and O–H groups in total. The van der Waals surface area contributed by atoms with Crippen LogP contribution in [0.5, 0.6) is 0 Å². The Morgan fingerprint density at radius 1 is 1.11 bits per heavy atom. The number of nitrogens with one attached hydrogen (secondary N) is 1. The standard InChI is InChI=1S/C21H24ClN3O2/c1-13(2)23-21(27)24-10-14-9-16(12-24)19-8-7-18(20(26)25(19)11-14)15-3-5-17(22)6-4-15/h3-8,13-14,16H,9-12H2,1-2H3,(H,23,27)/t14-,16+/m0/s1. The Bertz CT molecular complexity index is 920. The highest BCUT2D eigenvalue weighted by molar-refractivity contribution is 6.30. The molecule has 2 aromatic rings. The predicted octanol–water partition coefficient (Wildman–Crippen LogP) is 3.71. The van der Waals surface area contributed by atoms with Crippen LogP contribution in [0.2, 0.25) is 5.02 Å². The number of carbonyl (C=O) groups excluding carboxylic acids is 1. The van der Waals surface area contributed by atoms with E-state index in [0.717, 1.165) is 17.7 Å². The van der Waals surface area contributed by atoms with Gasteiger partial charge in [0.25, 0.3) is 5.56 Å². The summed E-state index contributed by atoms with van der Waals surface area (Å²) in [5.74, 6) is 0.523. The maximum atomic E-state index is 13.1. The van der Waals surface area contributed by atoms with Crippen molar-refractivity contribution in [2.75, 3.05) is 13.1 Å². The maximum absolute atomic E-state index is 13.1. The average Bonchev–Trinajstić information content (AvgIpc) is 2.63. The molecule has 4 rings (SSSR count). The second kappa shape index (κ2) is 7.04. The molecule has 2 atom stereocenters. The third-order valence-electron chi connectivity index (χ3n) is 5.46. The number of nitrogens with zero attached hydrogens (tertiary/aromatic N) is 2. The van der Waals surface area contributed by atoms with Crippen LogP contribution in [-0.4, -0.2) is 34.6 Å². The molecule has 2 amide bonds. The minimum absolute atomic E-state index is 0.00622. The SMILES string of the molecule is CC(C)NC(=O)N1C[C@@H]2C[C@H](C1)c1ccc(-c3ccc(Cl)cc3)c(=O)n1C2. The number of hydrogen-bond acceptors (Lipinski definition) is 2. The van der Waals surface area contributed by atoms with Gasteiger partial charge >= 0.3 is 6.03 Å². The Morgan fingerprint density at radius 3 is 2.56 bits per heavy atom. The van der Waals surface area contributed by atoms with Gasteiger partial charge in [0.1, 0.15) is 0 Å². The van der Waals surface area contributed by atoms with Crippen molar-refractivity contribution in [2.24, 2.45) is 5.92 Å². The first-order valence-electron chi connectivity index (χ1n) is 9.47. The van der Waals surface area contributed by atoms with Crippen LogP contribution in [0.3, 0.4) is 0 Å². The number of fused-ring (bicyclic) bond motifs is 4. The zero-order valence-electron chi connectivity index (χ0n) is 15.6. The molecule has 0 spiro atoms. The van der Waals surface area contributed by atoms with E-state index in [1.54, 1.807) is 12.1 Å². The summed E-state index contributed by atoms with van der Waals surface area (Å²) in [7, 11) is 0. The number of carbonyl (C=O) groups is 1. The predicted molar refractivity (Wildman–Crippen MR) is 107 cm³/mol. The lowest BCUT2D eigenvalue weighted by Crippen LogP contribution is -2.52. The Kier molecular flexibility index (Phi) is 4.72. The van der Waals surface area contributed by atoms with Gasteiger partial charge in [-0.05, 0) is 56.0 Å². The molecule has 1 saturated heterocycles. The fourth-order valence-corrected chi connectivity index (χ4v) is 4.43. The van der Waals surface area contributed by atoms with Gasteiger partial charge in [-0.15, -0.1) is 0 Å². The van der Waals surface area contributed by atoms with Crippen LogP contribution in [-0.2, 0) is 6.54 Å². The number of halogens is 1. The molecule has 6 heteroatoms. The quantitative estimate of drug-likeness (QED) is 0.856. The van der Waals surface area contributed by atoms with E-state index in [-0.39, 0.29) is 23.6 Å². The number of urea groups is 1. The second-order valence-corrected chi connectivity index (χ2v) is 8.34. The number of rotatable bonds is 2. The molecule has 0 saturated carbocycles. The first-order chi connectivity index (χ1) is 12.9. The van der Waals surface area contributed by atoms with Crippen molar-refractivity contribution >= 4 is 17.6 Å². The van der Waals surface area contributed by atoms with E-state index in [1.807, 2.05) is 41.5 Å². The molecule has 0 aliphatic carbocycles. The first kappa shape index (κ1) is 18.1. The number of aromatic nitrogens is 1. The van der Waals surface area contributed by atoms with Crippen molar-refractivity contribution in [3.63, 3.8) is 0 Å². The van der Waals surface area contributed by atoms with Gasteiger partial charge in [-0.2, -0.15) is 0 Å². The van der Waals surface area contributed by atoms with Crippen molar-refractivity contribution in [2.45, 2.75) is 38.8 Å². The third kappa shape index (κ3) is 3.48. The lowest BCUT2D eigenvalue weighted by atomic mass is 9.83. The fraction of sp³-hybridized carbons (Fsp3) is 0.429. The van der Waals surface area contributed by atoms with Gasteiger partial charge < -0.3 is 14.8 Å². The largest absolute Gasteiger partial charge is 0.336 e. The Hall–Kier alpha value is -2.27. The molecule has 3 heterocycles. The number of benzene rings is 1. The molecular weight excluding hydrogens is 362 g/mol. The van der Waals surface area contributed by atoms with E-state index in [0.29, 0.717) is 36.1 Å². The van der Waals surface area contributed by atoms with Crippen LogP contribution >= 0.6 is 11.6 Å². The molecule has 2 aliphatic heterocycles. The summed E-state index contributed by atoms with van der Waals surface area (Å²) in [4.78, 5) is 27.5. The van der Waals surface area contributed by atoms with Gasteiger partial charge in [-0.1, -0.05) is 23.7 Å². The Balaban J connectivity index is 1.64. The van der Waals surface area contributed by atoms with Crippen LogP contribution in [0.4, 0.5) is 4.79 Å². The molecule has 0 unspecified atom stereocenters. The molecule has 1 fully saturated rings. The third-order valence-corrected chi connectivity index (χ3v) is 5.71. The number of pyridine rings is 1. The summed E-state index contributed by atoms with van der Waals surface area (Å²) in [5, 5.41) is 3.64. The molecule has 1 aromatic carbocycles. The highest BCUT2D eigenvalue weighted by Gasteiger charge is 2.36. The van der Waals surface area contributed by atoms with Crippen molar-refractivity contribution < 1.29 is 4.79 Å². The van der Waals surface area contributed by atoms with Gasteiger partial charge in [-0.25, -0.2) is 4.79 Å². The van der Waals surface area contributed by atoms with Crippen molar-refractivity contribution in [1.29, 1.82) is 0 Å². The van der Waals surface area contributed by atoms with E-state index >= 15 is 0 Å². The minimum Gasteiger partial charge on any atom is -0.336 e. The summed E-state index contributed by atoms with van der Waals surface area (Å²) in [6.45, 7) is 5.96. The highest BCUT2D eigenvalue weighted by Crippen LogP contribution is 2.35. The van der Waals surface area contributed by atoms with Crippen molar-refractivity contribution in [1.82, 2.24) is 14.8 Å².